The van der Waals surface area contributed by atoms with Gasteiger partial charge in [-0.25, -0.2) is 0 Å². The lowest BCUT2D eigenvalue weighted by Crippen LogP contribution is -2.25. The van der Waals surface area contributed by atoms with E-state index in [-0.39, 0.29) is 0 Å². The largest absolute Gasteiger partial charge is 0.0730 e. The summed E-state index contributed by atoms with van der Waals surface area (Å²) in [6, 6.07) is 9.15. The van der Waals surface area contributed by atoms with Crippen molar-refractivity contribution in [2.75, 3.05) is 0 Å². The van der Waals surface area contributed by atoms with Crippen LogP contribution in [-0.4, -0.2) is 0 Å². The molecular formula is C34H50. The Morgan fingerprint density at radius 1 is 0.735 bits per heavy atom. The third kappa shape index (κ3) is 7.51. The predicted octanol–water partition coefficient (Wildman–Crippen LogP) is 10.1. The van der Waals surface area contributed by atoms with E-state index in [9.17, 15) is 0 Å². The quantitative estimate of drug-likeness (QED) is 0.356. The van der Waals surface area contributed by atoms with Crippen molar-refractivity contribution >= 4 is 0 Å². The Morgan fingerprint density at radius 2 is 1.35 bits per heavy atom. The van der Waals surface area contributed by atoms with Gasteiger partial charge in [-0.2, -0.15) is 0 Å². The molecule has 3 aliphatic rings. The molecule has 3 saturated carbocycles. The van der Waals surface area contributed by atoms with Crippen LogP contribution in [0.4, 0.5) is 0 Å². The fourth-order valence-corrected chi connectivity index (χ4v) is 7.30. The zero-order valence-corrected chi connectivity index (χ0v) is 22.2. The Labute approximate surface area is 211 Å². The Bertz CT molecular complexity index is 779. The summed E-state index contributed by atoms with van der Waals surface area (Å²) in [5.74, 6) is 12.3. The van der Waals surface area contributed by atoms with Crippen molar-refractivity contribution in [2.45, 2.75) is 122 Å². The summed E-state index contributed by atoms with van der Waals surface area (Å²) < 4.78 is 0. The van der Waals surface area contributed by atoms with Gasteiger partial charge in [-0.3, -0.25) is 0 Å². The lowest BCUT2D eigenvalue weighted by atomic mass is 9.68. The molecule has 0 atom stereocenters. The molecule has 0 nitrogen and oxygen atoms in total. The van der Waals surface area contributed by atoms with Crippen LogP contribution in [0.5, 0.6) is 0 Å². The second-order valence-corrected chi connectivity index (χ2v) is 12.0. The van der Waals surface area contributed by atoms with Crippen LogP contribution in [0.2, 0.25) is 0 Å². The van der Waals surface area contributed by atoms with E-state index >= 15 is 0 Å². The first-order chi connectivity index (χ1) is 16.7. The molecule has 0 N–H and O–H groups in total. The maximum absolute atomic E-state index is 3.37. The van der Waals surface area contributed by atoms with Gasteiger partial charge in [0.1, 0.15) is 0 Å². The monoisotopic (exact) mass is 458 g/mol. The average Bonchev–Trinajstić information content (AvgIpc) is 2.91. The Kier molecular flexibility index (Phi) is 10.2. The standard InChI is InChI=1S/C34H50/c1-3-5-8-28-13-21-33(22-14-28)34-25-17-30(18-26-34)10-7-6-9-29-15-23-32(24-16-29)31-19-11-27(4-2)12-20-31/h7,10,15-16,23-24,27-28,30-31,33-34H,3-5,8,11-14,17-22,25-26H2,1-2H3/b10-7+/t27-,28-,30?,31-,33-,34?. The maximum Gasteiger partial charge on any atom is 0.0249 e. The number of rotatable bonds is 7. The van der Waals surface area contributed by atoms with E-state index in [1.807, 2.05) is 0 Å². The average molecular weight is 459 g/mol. The normalized spacial score (nSPS) is 32.3. The SMILES string of the molecule is CCCC[C@H]1CC[C@H](C2CCC(/C=C/C#Cc3ccc([C@H]4CC[C@H](CC)CC4)cc3)CC2)CC1. The smallest absolute Gasteiger partial charge is 0.0249 e. The van der Waals surface area contributed by atoms with Gasteiger partial charge in [-0.15, -0.1) is 0 Å². The van der Waals surface area contributed by atoms with Gasteiger partial charge in [0.15, 0.2) is 0 Å². The Hall–Kier alpha value is -1.48. The number of unbranched alkanes of at least 4 members (excludes halogenated alkanes) is 1. The fraction of sp³-hybridized carbons (Fsp3) is 0.706. The maximum atomic E-state index is 3.37. The fourth-order valence-electron chi connectivity index (χ4n) is 7.30. The van der Waals surface area contributed by atoms with Crippen LogP contribution in [0.3, 0.4) is 0 Å². The van der Waals surface area contributed by atoms with Crippen molar-refractivity contribution in [3.63, 3.8) is 0 Å². The predicted molar refractivity (Wildman–Crippen MR) is 148 cm³/mol. The molecule has 0 heterocycles. The van der Waals surface area contributed by atoms with E-state index in [4.69, 9.17) is 0 Å². The first kappa shape index (κ1) is 25.6. The molecule has 0 aliphatic heterocycles. The summed E-state index contributed by atoms with van der Waals surface area (Å²) in [5, 5.41) is 0. The highest BCUT2D eigenvalue weighted by atomic mass is 14.4. The molecule has 0 heteroatoms. The lowest BCUT2D eigenvalue weighted by molar-refractivity contribution is 0.152. The third-order valence-corrected chi connectivity index (χ3v) is 9.81. The summed E-state index contributed by atoms with van der Waals surface area (Å²) >= 11 is 0. The van der Waals surface area contributed by atoms with Gasteiger partial charge < -0.3 is 0 Å². The third-order valence-electron chi connectivity index (χ3n) is 9.81. The highest BCUT2D eigenvalue weighted by Gasteiger charge is 2.30. The highest BCUT2D eigenvalue weighted by molar-refractivity contribution is 5.39. The number of allylic oxidation sites excluding steroid dienone is 2. The molecule has 186 valence electrons. The van der Waals surface area contributed by atoms with Gasteiger partial charge >= 0.3 is 0 Å². The second-order valence-electron chi connectivity index (χ2n) is 12.0. The summed E-state index contributed by atoms with van der Waals surface area (Å²) in [6.45, 7) is 4.68. The highest BCUT2D eigenvalue weighted by Crippen LogP contribution is 2.42. The molecule has 0 bridgehead atoms. The van der Waals surface area contributed by atoms with Crippen LogP contribution in [0, 0.1) is 41.4 Å². The summed E-state index contributed by atoms with van der Waals surface area (Å²) in [5.41, 5.74) is 2.69. The first-order valence-electron chi connectivity index (χ1n) is 15.0. The molecule has 1 aromatic rings. The molecule has 0 saturated heterocycles. The number of hydrogen-bond acceptors (Lipinski definition) is 0. The van der Waals surface area contributed by atoms with Crippen molar-refractivity contribution in [1.29, 1.82) is 0 Å². The van der Waals surface area contributed by atoms with Crippen molar-refractivity contribution in [2.24, 2.45) is 29.6 Å². The minimum atomic E-state index is 0.757. The molecule has 34 heavy (non-hydrogen) atoms. The van der Waals surface area contributed by atoms with E-state index in [1.54, 1.807) is 0 Å². The van der Waals surface area contributed by atoms with E-state index in [1.165, 1.54) is 108 Å². The zero-order chi connectivity index (χ0) is 23.6. The lowest BCUT2D eigenvalue weighted by Gasteiger charge is -2.37. The summed E-state index contributed by atoms with van der Waals surface area (Å²) in [4.78, 5) is 0. The van der Waals surface area contributed by atoms with Gasteiger partial charge in [0.25, 0.3) is 0 Å². The van der Waals surface area contributed by atoms with Crippen LogP contribution in [0.25, 0.3) is 0 Å². The van der Waals surface area contributed by atoms with Gasteiger partial charge in [-0.05, 0) is 123 Å². The van der Waals surface area contributed by atoms with Gasteiger partial charge in [0.05, 0.1) is 0 Å². The molecular weight excluding hydrogens is 408 g/mol. The second kappa shape index (κ2) is 13.6. The van der Waals surface area contributed by atoms with Crippen LogP contribution in [0.1, 0.15) is 134 Å². The van der Waals surface area contributed by atoms with Gasteiger partial charge in [0, 0.05) is 5.56 Å². The molecule has 1 aromatic carbocycles. The van der Waals surface area contributed by atoms with E-state index in [0.717, 1.165) is 41.1 Å². The van der Waals surface area contributed by atoms with E-state index < -0.39 is 0 Å². The van der Waals surface area contributed by atoms with Crippen molar-refractivity contribution in [3.8, 4) is 11.8 Å². The molecule has 3 aliphatic carbocycles. The molecule has 4 rings (SSSR count). The zero-order valence-electron chi connectivity index (χ0n) is 22.2. The molecule has 0 amide bonds. The van der Waals surface area contributed by atoms with E-state index in [0.29, 0.717) is 0 Å². The molecule has 0 aromatic heterocycles. The number of hydrogen-bond donors (Lipinski definition) is 0. The van der Waals surface area contributed by atoms with Crippen molar-refractivity contribution in [1.82, 2.24) is 0 Å². The molecule has 3 fully saturated rings. The van der Waals surface area contributed by atoms with E-state index in [2.05, 4.69) is 62.1 Å². The number of benzene rings is 1. The van der Waals surface area contributed by atoms with Crippen LogP contribution in [0.15, 0.2) is 36.4 Å². The summed E-state index contributed by atoms with van der Waals surface area (Å²) in [7, 11) is 0. The Balaban J connectivity index is 1.16. The van der Waals surface area contributed by atoms with Gasteiger partial charge in [0.2, 0.25) is 0 Å². The van der Waals surface area contributed by atoms with Crippen molar-refractivity contribution in [3.05, 3.63) is 47.5 Å². The first-order valence-corrected chi connectivity index (χ1v) is 15.0. The molecule has 0 radical (unpaired) electrons. The minimum absolute atomic E-state index is 0.757. The molecule has 0 spiro atoms. The van der Waals surface area contributed by atoms with Crippen LogP contribution < -0.4 is 0 Å². The summed E-state index contributed by atoms with van der Waals surface area (Å²) in [6.07, 6.45) is 27.5. The topological polar surface area (TPSA) is 0 Å². The van der Waals surface area contributed by atoms with Gasteiger partial charge in [-0.1, -0.05) is 82.4 Å². The minimum Gasteiger partial charge on any atom is -0.0730 e. The van der Waals surface area contributed by atoms with Crippen LogP contribution in [-0.2, 0) is 0 Å². The van der Waals surface area contributed by atoms with Crippen LogP contribution >= 0.6 is 0 Å². The van der Waals surface area contributed by atoms with Crippen molar-refractivity contribution < 1.29 is 0 Å². The molecule has 0 unspecified atom stereocenters. The Morgan fingerprint density at radius 3 is 1.97 bits per heavy atom.